The van der Waals surface area contributed by atoms with E-state index in [0.29, 0.717) is 0 Å². The van der Waals surface area contributed by atoms with Crippen molar-refractivity contribution >= 4 is 0 Å². The Morgan fingerprint density at radius 3 is 2.75 bits per heavy atom. The zero-order valence-electron chi connectivity index (χ0n) is 12.7. The highest BCUT2D eigenvalue weighted by Crippen LogP contribution is 2.27. The topological polar surface area (TPSA) is 39.1 Å². The van der Waals surface area contributed by atoms with E-state index in [1.807, 2.05) is 25.4 Å². The van der Waals surface area contributed by atoms with Gasteiger partial charge in [0.1, 0.15) is 11.6 Å². The molecule has 0 amide bonds. The third kappa shape index (κ3) is 3.20. The van der Waals surface area contributed by atoms with Crippen molar-refractivity contribution < 1.29 is 4.74 Å². The molecule has 0 saturated heterocycles. The number of hydrogen-bond acceptors (Lipinski definition) is 3. The number of ether oxygens (including phenoxy) is 1. The van der Waals surface area contributed by atoms with Crippen LogP contribution >= 0.6 is 0 Å². The van der Waals surface area contributed by atoms with Gasteiger partial charge in [-0.25, -0.2) is 4.98 Å². The first-order chi connectivity index (χ1) is 9.65. The number of nitrogens with zero attached hydrogens (tertiary/aromatic N) is 2. The van der Waals surface area contributed by atoms with Crippen molar-refractivity contribution in [2.24, 2.45) is 0 Å². The summed E-state index contributed by atoms with van der Waals surface area (Å²) in [4.78, 5) is 4.29. The van der Waals surface area contributed by atoms with Crippen LogP contribution in [0, 0.1) is 13.8 Å². The largest absolute Gasteiger partial charge is 0.496 e. The predicted molar refractivity (Wildman–Crippen MR) is 81.1 cm³/mol. The molecule has 1 N–H and O–H groups in total. The third-order valence-corrected chi connectivity index (χ3v) is 3.51. The van der Waals surface area contributed by atoms with Gasteiger partial charge < -0.3 is 14.6 Å². The van der Waals surface area contributed by atoms with E-state index < -0.39 is 0 Å². The molecule has 1 aromatic carbocycles. The van der Waals surface area contributed by atoms with Gasteiger partial charge in [-0.2, -0.15) is 0 Å². The summed E-state index contributed by atoms with van der Waals surface area (Å²) in [6.07, 6.45) is 3.85. The molecule has 0 aliphatic rings. The van der Waals surface area contributed by atoms with E-state index in [4.69, 9.17) is 4.74 Å². The fraction of sp³-hybridized carbons (Fsp3) is 0.438. The average molecular weight is 273 g/mol. The summed E-state index contributed by atoms with van der Waals surface area (Å²) in [6.45, 7) is 8.01. The van der Waals surface area contributed by atoms with Gasteiger partial charge in [0, 0.05) is 24.5 Å². The van der Waals surface area contributed by atoms with Crippen molar-refractivity contribution in [2.45, 2.75) is 33.4 Å². The Labute approximate surface area is 120 Å². The van der Waals surface area contributed by atoms with Crippen LogP contribution in [-0.4, -0.2) is 23.2 Å². The van der Waals surface area contributed by atoms with Gasteiger partial charge >= 0.3 is 0 Å². The fourth-order valence-corrected chi connectivity index (χ4v) is 2.44. The number of hydrogen-bond donors (Lipinski definition) is 1. The highest BCUT2D eigenvalue weighted by atomic mass is 16.5. The molecule has 1 atom stereocenters. The van der Waals surface area contributed by atoms with Gasteiger partial charge in [-0.15, -0.1) is 0 Å². The molecular formula is C16H23N3O. The smallest absolute Gasteiger partial charge is 0.123 e. The van der Waals surface area contributed by atoms with Gasteiger partial charge in [0.25, 0.3) is 0 Å². The molecule has 1 unspecified atom stereocenters. The highest BCUT2D eigenvalue weighted by molar-refractivity contribution is 5.39. The molecule has 2 aromatic rings. The minimum absolute atomic E-state index is 0.211. The summed E-state index contributed by atoms with van der Waals surface area (Å²) in [6, 6.07) is 6.52. The first-order valence-electron chi connectivity index (χ1n) is 7.01. The first-order valence-corrected chi connectivity index (χ1v) is 7.01. The zero-order chi connectivity index (χ0) is 14.5. The minimum atomic E-state index is 0.211. The van der Waals surface area contributed by atoms with Gasteiger partial charge in [0.2, 0.25) is 0 Å². The number of methoxy groups -OCH3 is 1. The molecule has 1 aromatic heterocycles. The second-order valence-electron chi connectivity index (χ2n) is 4.98. The molecule has 0 aliphatic carbocycles. The number of aromatic nitrogens is 2. The normalized spacial score (nSPS) is 12.4. The molecule has 20 heavy (non-hydrogen) atoms. The Balaban J connectivity index is 2.33. The van der Waals surface area contributed by atoms with E-state index in [0.717, 1.165) is 24.7 Å². The molecule has 0 radical (unpaired) electrons. The van der Waals surface area contributed by atoms with Crippen molar-refractivity contribution in [3.63, 3.8) is 0 Å². The molecule has 108 valence electrons. The molecule has 0 bridgehead atoms. The number of nitrogens with one attached hydrogen (secondary N) is 1. The van der Waals surface area contributed by atoms with Crippen LogP contribution in [0.4, 0.5) is 0 Å². The lowest BCUT2D eigenvalue weighted by molar-refractivity contribution is 0.390. The summed E-state index contributed by atoms with van der Waals surface area (Å²) in [5.41, 5.74) is 2.44. The van der Waals surface area contributed by atoms with E-state index in [1.165, 1.54) is 11.1 Å². The maximum Gasteiger partial charge on any atom is 0.123 e. The van der Waals surface area contributed by atoms with Crippen molar-refractivity contribution in [3.05, 3.63) is 47.5 Å². The monoisotopic (exact) mass is 273 g/mol. The van der Waals surface area contributed by atoms with Crippen molar-refractivity contribution in [1.82, 2.24) is 14.9 Å². The van der Waals surface area contributed by atoms with Gasteiger partial charge in [-0.1, -0.05) is 24.6 Å². The number of imidazole rings is 1. The van der Waals surface area contributed by atoms with Crippen LogP contribution in [0.3, 0.4) is 0 Å². The SMILES string of the molecule is CCNC(Cn1ccnc1C)c1cc(C)ccc1OC. The molecule has 0 saturated carbocycles. The molecule has 4 nitrogen and oxygen atoms in total. The Kier molecular flexibility index (Phi) is 4.79. The van der Waals surface area contributed by atoms with E-state index in [9.17, 15) is 0 Å². The maximum absolute atomic E-state index is 5.51. The van der Waals surface area contributed by atoms with Crippen LogP contribution < -0.4 is 10.1 Å². The first kappa shape index (κ1) is 14.6. The van der Waals surface area contributed by atoms with E-state index >= 15 is 0 Å². The van der Waals surface area contributed by atoms with E-state index in [-0.39, 0.29) is 6.04 Å². The van der Waals surface area contributed by atoms with Crippen LogP contribution in [0.15, 0.2) is 30.6 Å². The van der Waals surface area contributed by atoms with Gasteiger partial charge in [-0.05, 0) is 26.5 Å². The third-order valence-electron chi connectivity index (χ3n) is 3.51. The standard InChI is InChI=1S/C16H23N3O/c1-5-17-15(11-19-9-8-18-13(19)3)14-10-12(2)6-7-16(14)20-4/h6-10,15,17H,5,11H2,1-4H3. The summed E-state index contributed by atoms with van der Waals surface area (Å²) in [7, 11) is 1.72. The van der Waals surface area contributed by atoms with Crippen LogP contribution in [0.1, 0.15) is 29.9 Å². The number of aryl methyl sites for hydroxylation is 2. The van der Waals surface area contributed by atoms with Crippen LogP contribution in [0.2, 0.25) is 0 Å². The van der Waals surface area contributed by atoms with Crippen LogP contribution in [0.25, 0.3) is 0 Å². The lowest BCUT2D eigenvalue weighted by Gasteiger charge is -2.22. The number of rotatable bonds is 6. The lowest BCUT2D eigenvalue weighted by atomic mass is 10.0. The fourth-order valence-electron chi connectivity index (χ4n) is 2.44. The molecule has 0 spiro atoms. The summed E-state index contributed by atoms with van der Waals surface area (Å²) in [5, 5.41) is 3.54. The van der Waals surface area contributed by atoms with Gasteiger partial charge in [0.05, 0.1) is 13.2 Å². The number of benzene rings is 1. The zero-order valence-corrected chi connectivity index (χ0v) is 12.7. The molecule has 0 fully saturated rings. The van der Waals surface area contributed by atoms with Gasteiger partial charge in [0.15, 0.2) is 0 Å². The minimum Gasteiger partial charge on any atom is -0.496 e. The van der Waals surface area contributed by atoms with Gasteiger partial charge in [-0.3, -0.25) is 0 Å². The van der Waals surface area contributed by atoms with Crippen LogP contribution in [0.5, 0.6) is 5.75 Å². The maximum atomic E-state index is 5.51. The molecular weight excluding hydrogens is 250 g/mol. The Hall–Kier alpha value is -1.81. The van der Waals surface area contributed by atoms with Crippen LogP contribution in [-0.2, 0) is 6.54 Å². The van der Waals surface area contributed by atoms with Crippen molar-refractivity contribution in [1.29, 1.82) is 0 Å². The van der Waals surface area contributed by atoms with E-state index in [1.54, 1.807) is 7.11 Å². The lowest BCUT2D eigenvalue weighted by Crippen LogP contribution is -2.26. The average Bonchev–Trinajstić information content (AvgIpc) is 2.84. The summed E-state index contributed by atoms with van der Waals surface area (Å²) < 4.78 is 7.67. The Morgan fingerprint density at radius 1 is 1.35 bits per heavy atom. The molecule has 1 heterocycles. The Morgan fingerprint density at radius 2 is 2.15 bits per heavy atom. The molecule has 2 rings (SSSR count). The number of likely N-dealkylation sites (N-methyl/N-ethyl adjacent to an activating group) is 1. The second kappa shape index (κ2) is 6.57. The summed E-state index contributed by atoms with van der Waals surface area (Å²) in [5.74, 6) is 1.96. The quantitative estimate of drug-likeness (QED) is 0.879. The second-order valence-corrected chi connectivity index (χ2v) is 4.98. The molecule has 4 heteroatoms. The Bertz CT molecular complexity index is 563. The summed E-state index contributed by atoms with van der Waals surface area (Å²) >= 11 is 0. The van der Waals surface area contributed by atoms with Crippen molar-refractivity contribution in [3.8, 4) is 5.75 Å². The predicted octanol–water partition coefficient (Wildman–Crippen LogP) is 2.86. The van der Waals surface area contributed by atoms with E-state index in [2.05, 4.69) is 40.8 Å². The van der Waals surface area contributed by atoms with Crippen molar-refractivity contribution in [2.75, 3.05) is 13.7 Å². The highest BCUT2D eigenvalue weighted by Gasteiger charge is 2.16. The molecule has 0 aliphatic heterocycles.